The first kappa shape index (κ1) is 129. The lowest BCUT2D eigenvalue weighted by Crippen LogP contribution is -2.51. The molecule has 17 amide bonds. The number of guanidine groups is 2. The molecule has 0 aliphatic carbocycles. The SMILES string of the molecule is C=CCCC(=O)NC(CC(=O)OC)C(=O)NC.C=CCCC(=O)NC(CC(=O)OC)C(=O)ON1C(=O)CC(SC)C1=O.C=CCCC(=O)NC(CCCN=C(N)N)C(=O)ON1C(=O)CC(SC)C1=O.C=CCCC(=O)NCC(=O)NC(CC(=O)OC)C(=O)NC.C=CCCC(=O)NCC(=O)ON1C(=O)CC(SC)C1=O.CN.CNC(=O)C(CC(=O)O)NC(=O)CNC(=O)C(N)CCCN=C(N)N. The van der Waals surface area contributed by atoms with E-state index in [4.69, 9.17) is 43.5 Å². The standard InChI is InChI=1S/C16H25N5O5S.C15H20N2O7S.C13H25N7O5.C13H21N3O5.C12H16N2O5S.C11H18N2O4.CH5N/c1-3-4-7-12(22)20-10(6-5-8-19-16(17)18)15(25)26-21-13(23)9-11(27-2)14(21)24;1-4-5-6-11(18)16-9(7-13(20)23-2)15(22)24-17-12(19)8-10(25-3)14(17)21;1-17-12(25)8(5-10(22)23)20-9(21)6-19-11(24)7(14)3-2-4-18-13(15)16;1-4-5-6-10(17)15-8-11(18)16-9(13(20)14-2)7-12(19)21-3;1-3-4-5-9(15)13-7-11(17)19-14-10(16)6-8(20-2)12(14)18;1-4-5-6-9(14)13-8(11(16)12-2)7-10(15)17-3;1-2/h3,10-11H,1,4-9H2,2H3,(H,20,22)(H4,17,18,19);4,9-10H,1,5-8H2,2-3H3,(H,16,18);7-8H,2-6,14H2,1H3,(H,17,25)(H,19,24)(H,20,21)(H,22,23)(H4,15,16,18);4,9H,1,5-8H2,2-3H3,(H,14,20)(H,15,17)(H,16,18);3,8H,1,4-7H2,2H3,(H,13,15);4,8H,1,5-7H2,2-3H3,(H,12,16)(H,13,14);2H2,1H3. The molecule has 24 N–H and O–H groups in total. The Hall–Kier alpha value is -13.9. The van der Waals surface area contributed by atoms with Crippen molar-refractivity contribution in [3.8, 4) is 0 Å². The molecular weight excluding hydrogens is 1870 g/mol. The van der Waals surface area contributed by atoms with Crippen LogP contribution >= 0.6 is 35.3 Å². The molecule has 0 radical (unpaired) electrons. The Labute approximate surface area is 803 Å². The number of likely N-dealkylation sites (N-methyl/N-ethyl adjacent to an activating group) is 3. The first-order valence-corrected chi connectivity index (χ1v) is 45.3. The highest BCUT2D eigenvalue weighted by atomic mass is 32.2. The summed E-state index contributed by atoms with van der Waals surface area (Å²) in [5, 5.41) is 34.2. The van der Waals surface area contributed by atoms with Crippen LogP contribution in [0.3, 0.4) is 0 Å². The van der Waals surface area contributed by atoms with Crippen LogP contribution in [0.5, 0.6) is 0 Å². The summed E-state index contributed by atoms with van der Waals surface area (Å²) in [6, 6.07) is -6.44. The van der Waals surface area contributed by atoms with E-state index >= 15 is 0 Å². The van der Waals surface area contributed by atoms with Gasteiger partial charge in [0.1, 0.15) is 36.8 Å². The smallest absolute Gasteiger partial charge is 0.355 e. The Morgan fingerprint density at radius 3 is 1.00 bits per heavy atom. The molecule has 0 saturated carbocycles. The maximum absolute atomic E-state index is 12.4. The number of methoxy groups -OCH3 is 3. The van der Waals surface area contributed by atoms with E-state index in [1.54, 1.807) is 43.1 Å². The summed E-state index contributed by atoms with van der Waals surface area (Å²) >= 11 is 3.58. The number of imide groups is 3. The van der Waals surface area contributed by atoms with Crippen molar-refractivity contribution < 1.29 is 149 Å². The molecule has 3 aliphatic heterocycles. The van der Waals surface area contributed by atoms with Crippen LogP contribution in [0.4, 0.5) is 0 Å². The van der Waals surface area contributed by atoms with Crippen LogP contribution in [-0.2, 0) is 144 Å². The number of nitrogens with two attached hydrogens (primary N) is 6. The zero-order valence-electron chi connectivity index (χ0n) is 78.1. The van der Waals surface area contributed by atoms with Crippen LogP contribution < -0.4 is 92.9 Å². The molecule has 53 nitrogen and oxygen atoms in total. The number of carboxylic acids is 1. The van der Waals surface area contributed by atoms with Crippen LogP contribution in [0.1, 0.15) is 135 Å². The molecule has 0 aromatic rings. The minimum Gasteiger partial charge on any atom is -0.481 e. The van der Waals surface area contributed by atoms with Crippen LogP contribution in [-0.4, -0.2) is 327 Å². The summed E-state index contributed by atoms with van der Waals surface area (Å²) in [4.78, 5) is 301. The molecule has 0 aromatic carbocycles. The Balaban J connectivity index is -0.000000776. The Morgan fingerprint density at radius 2 is 0.686 bits per heavy atom. The maximum Gasteiger partial charge on any atom is 0.355 e. The summed E-state index contributed by atoms with van der Waals surface area (Å²) in [5.74, 6) is -15.0. The normalized spacial score (nSPS) is 14.7. The lowest BCUT2D eigenvalue weighted by molar-refractivity contribution is -0.199. The highest BCUT2D eigenvalue weighted by Gasteiger charge is 2.45. The van der Waals surface area contributed by atoms with Crippen molar-refractivity contribution in [2.45, 2.75) is 187 Å². The number of rotatable bonds is 54. The number of thioether (sulfide) groups is 3. The summed E-state index contributed by atoms with van der Waals surface area (Å²) in [6.45, 7) is 16.9. The maximum atomic E-state index is 12.4. The number of aliphatic carboxylic acids is 1. The second-order valence-corrected chi connectivity index (χ2v) is 30.6. The van der Waals surface area contributed by atoms with Crippen LogP contribution in [0.25, 0.3) is 0 Å². The van der Waals surface area contributed by atoms with E-state index in [0.717, 1.165) is 18.9 Å². The molecule has 9 atom stereocenters. The number of carboxylic acid groups (broad SMARTS) is 1. The number of carbonyl (C=O) groups is 24. The third kappa shape index (κ3) is 58.8. The van der Waals surface area contributed by atoms with Crippen molar-refractivity contribution in [1.29, 1.82) is 0 Å². The van der Waals surface area contributed by atoms with Crippen molar-refractivity contribution in [2.75, 3.05) is 101 Å². The van der Waals surface area contributed by atoms with Crippen molar-refractivity contribution in [3.05, 3.63) is 63.3 Å². The van der Waals surface area contributed by atoms with E-state index < -0.39 is 197 Å². The topological polar surface area (TPSA) is 808 Å². The van der Waals surface area contributed by atoms with Gasteiger partial charge < -0.3 is 127 Å². The number of hydroxylamine groups is 6. The summed E-state index contributed by atoms with van der Waals surface area (Å²) in [7, 11) is 9.17. The average Bonchev–Trinajstić information content (AvgIpc) is 1.69. The third-order valence-electron chi connectivity index (χ3n) is 17.1. The van der Waals surface area contributed by atoms with Gasteiger partial charge in [-0.15, -0.1) is 48.1 Å². The number of nitrogens with zero attached hydrogens (tertiary/aromatic N) is 5. The van der Waals surface area contributed by atoms with E-state index in [0.29, 0.717) is 73.1 Å². The molecule has 0 spiro atoms. The number of esters is 3. The lowest BCUT2D eigenvalue weighted by atomic mass is 10.1. The molecule has 9 unspecified atom stereocenters. The minimum absolute atomic E-state index is 0.0129. The Morgan fingerprint density at radius 1 is 0.401 bits per heavy atom. The Bertz CT molecular complexity index is 4190. The zero-order chi connectivity index (χ0) is 105. The Kier molecular flexibility index (Phi) is 72.1. The molecule has 56 heteroatoms. The fourth-order valence-electron chi connectivity index (χ4n) is 9.98. The van der Waals surface area contributed by atoms with E-state index in [1.165, 1.54) is 72.0 Å². The van der Waals surface area contributed by atoms with Gasteiger partial charge in [0, 0.05) is 66.3 Å². The first-order valence-electron chi connectivity index (χ1n) is 41.5. The predicted molar refractivity (Wildman–Crippen MR) is 498 cm³/mol. The number of aliphatic imine (C=N–C) groups is 2. The van der Waals surface area contributed by atoms with Crippen LogP contribution in [0.15, 0.2) is 73.3 Å². The van der Waals surface area contributed by atoms with E-state index in [1.807, 2.05) is 0 Å². The van der Waals surface area contributed by atoms with Crippen molar-refractivity contribution in [3.63, 3.8) is 0 Å². The summed E-state index contributed by atoms with van der Waals surface area (Å²) in [6.07, 6.45) is 15.9. The molecular formula is C81H130N22O31S3. The second kappa shape index (κ2) is 76.4. The monoisotopic (exact) mass is 2000 g/mol. The van der Waals surface area contributed by atoms with Crippen LogP contribution in [0, 0.1) is 0 Å². The highest BCUT2D eigenvalue weighted by molar-refractivity contribution is 8.00. The quantitative estimate of drug-likeness (QED) is 0.00512. The fourth-order valence-corrected chi connectivity index (χ4v) is 11.8. The summed E-state index contributed by atoms with van der Waals surface area (Å²) < 4.78 is 13.4. The van der Waals surface area contributed by atoms with E-state index in [2.05, 4.69) is 126 Å². The fraction of sp³-hybridized carbons (Fsp3) is 0.556. The number of allylic oxidation sites excluding steroid dienone is 5. The molecule has 3 fully saturated rings. The van der Waals surface area contributed by atoms with Crippen molar-refractivity contribution >= 4 is 189 Å². The van der Waals surface area contributed by atoms with E-state index in [-0.39, 0.29) is 119 Å². The van der Waals surface area contributed by atoms with Crippen molar-refractivity contribution in [2.24, 2.45) is 44.4 Å². The first-order chi connectivity index (χ1) is 64.8. The molecule has 0 aromatic heterocycles. The number of hydrogen-bond acceptors (Lipinski definition) is 37. The predicted octanol–water partition coefficient (Wildman–Crippen LogP) is -6.22. The van der Waals surface area contributed by atoms with Gasteiger partial charge in [0.25, 0.3) is 35.4 Å². The van der Waals surface area contributed by atoms with Crippen molar-refractivity contribution in [1.82, 2.24) is 73.7 Å². The van der Waals surface area contributed by atoms with Gasteiger partial charge in [-0.1, -0.05) is 30.4 Å². The highest BCUT2D eigenvalue weighted by Crippen LogP contribution is 2.26. The molecule has 137 heavy (non-hydrogen) atoms. The number of amides is 17. The van der Waals surface area contributed by atoms with Gasteiger partial charge in [-0.2, -0.15) is 35.3 Å². The van der Waals surface area contributed by atoms with Crippen LogP contribution in [0.2, 0.25) is 0 Å². The lowest BCUT2D eigenvalue weighted by Gasteiger charge is -2.20. The van der Waals surface area contributed by atoms with Gasteiger partial charge in [0.2, 0.25) is 65.0 Å². The number of nitrogens with one attached hydrogen (secondary N) is 11. The number of hydrogen-bond donors (Lipinski definition) is 18. The second-order valence-electron chi connectivity index (χ2n) is 27.4. The van der Waals surface area contributed by atoms with Gasteiger partial charge >= 0.3 is 41.8 Å². The third-order valence-corrected chi connectivity index (χ3v) is 19.9. The van der Waals surface area contributed by atoms with Gasteiger partial charge in [0.05, 0.1) is 101 Å². The molecule has 3 heterocycles. The number of ether oxygens (including phenoxy) is 3. The average molecular weight is 2000 g/mol. The molecule has 0 bridgehead atoms. The molecule has 3 rings (SSSR count). The minimum atomic E-state index is -1.38. The number of carbonyl (C=O) groups excluding carboxylic acids is 23. The molecule has 3 aliphatic rings. The summed E-state index contributed by atoms with van der Waals surface area (Å²) in [5.41, 5.74) is 31.0. The van der Waals surface area contributed by atoms with Gasteiger partial charge in [-0.05, 0) is 83.6 Å². The molecule has 768 valence electrons. The molecule has 3 saturated heterocycles. The van der Waals surface area contributed by atoms with Gasteiger partial charge in [-0.25, -0.2) is 14.4 Å². The zero-order valence-corrected chi connectivity index (χ0v) is 80.6. The largest absolute Gasteiger partial charge is 0.481 e. The van der Waals surface area contributed by atoms with Gasteiger partial charge in [-0.3, -0.25) is 111 Å². The van der Waals surface area contributed by atoms with Gasteiger partial charge in [0.15, 0.2) is 11.9 Å². The van der Waals surface area contributed by atoms with E-state index in [9.17, 15) is 115 Å².